The summed E-state index contributed by atoms with van der Waals surface area (Å²) >= 11 is 0. The van der Waals surface area contributed by atoms with Gasteiger partial charge in [-0.3, -0.25) is 9.10 Å². The summed E-state index contributed by atoms with van der Waals surface area (Å²) in [5, 5.41) is 2.78. The molecule has 1 saturated heterocycles. The number of rotatable bonds is 5. The molecule has 2 aromatic rings. The van der Waals surface area contributed by atoms with Crippen LogP contribution in [0.4, 0.5) is 11.4 Å². The molecule has 4 rings (SSSR count). The van der Waals surface area contributed by atoms with Crippen LogP contribution in [0, 0.1) is 0 Å². The van der Waals surface area contributed by atoms with Gasteiger partial charge in [-0.25, -0.2) is 16.8 Å². The molecule has 2 aliphatic heterocycles. The quantitative estimate of drug-likeness (QED) is 0.692. The van der Waals surface area contributed by atoms with Gasteiger partial charge in [-0.2, -0.15) is 4.31 Å². The number of nitrogens with one attached hydrogen (secondary N) is 1. The molecule has 8 nitrogen and oxygen atoms in total. The Kier molecular flexibility index (Phi) is 6.52. The van der Waals surface area contributed by atoms with Crippen LogP contribution in [-0.2, 0) is 26.5 Å². The highest BCUT2D eigenvalue weighted by atomic mass is 32.2. The number of hydrogen-bond acceptors (Lipinski definition) is 5. The number of nitrogens with zero attached hydrogens (tertiary/aromatic N) is 2. The van der Waals surface area contributed by atoms with Crippen LogP contribution in [0.15, 0.2) is 47.4 Å². The van der Waals surface area contributed by atoms with Crippen molar-refractivity contribution in [2.45, 2.75) is 50.0 Å². The fourth-order valence-corrected chi connectivity index (χ4v) is 7.45. The third kappa shape index (κ3) is 4.92. The molecule has 0 unspecified atom stereocenters. The first kappa shape index (κ1) is 23.7. The van der Waals surface area contributed by atoms with Crippen LogP contribution < -0.4 is 9.62 Å². The first-order valence-electron chi connectivity index (χ1n) is 11.1. The number of benzene rings is 2. The Morgan fingerprint density at radius 1 is 0.970 bits per heavy atom. The van der Waals surface area contributed by atoms with Gasteiger partial charge in [0.2, 0.25) is 20.0 Å². The number of amides is 1. The number of hydrogen-bond donors (Lipinski definition) is 1. The minimum Gasteiger partial charge on any atom is -0.322 e. The molecule has 0 radical (unpaired) electrons. The maximum Gasteiger partial charge on any atom is 0.255 e. The highest BCUT2D eigenvalue weighted by Gasteiger charge is 2.33. The minimum absolute atomic E-state index is 0.161. The van der Waals surface area contributed by atoms with Gasteiger partial charge in [-0.1, -0.05) is 18.9 Å². The molecule has 0 aromatic heterocycles. The third-order valence-electron chi connectivity index (χ3n) is 6.15. The fourth-order valence-electron chi connectivity index (χ4n) is 4.62. The van der Waals surface area contributed by atoms with Gasteiger partial charge >= 0.3 is 0 Å². The molecule has 0 saturated carbocycles. The van der Waals surface area contributed by atoms with E-state index in [1.807, 2.05) is 6.92 Å². The van der Waals surface area contributed by atoms with Gasteiger partial charge < -0.3 is 5.32 Å². The van der Waals surface area contributed by atoms with Crippen LogP contribution >= 0.6 is 0 Å². The molecule has 33 heavy (non-hydrogen) atoms. The smallest absolute Gasteiger partial charge is 0.255 e. The van der Waals surface area contributed by atoms with Crippen LogP contribution in [0.25, 0.3) is 0 Å². The van der Waals surface area contributed by atoms with E-state index < -0.39 is 20.0 Å². The standard InChI is InChI=1S/C23H29N3O5S2/c1-17-14-19-15-18(10-11-22(19)26(17)32(2,28)29)23(27)24-20-8-7-9-21(16-20)33(30,31)25-12-5-3-4-6-13-25/h7-11,15-17H,3-6,12-14H2,1-2H3,(H,24,27)/t17-/m1/s1. The normalized spacial score (nSPS) is 19.7. The predicted octanol–water partition coefficient (Wildman–Crippen LogP) is 3.21. The van der Waals surface area contributed by atoms with Gasteiger partial charge in [0.15, 0.2) is 0 Å². The molecule has 1 N–H and O–H groups in total. The van der Waals surface area contributed by atoms with Crippen LogP contribution in [-0.4, -0.2) is 52.4 Å². The first-order chi connectivity index (χ1) is 15.6. The van der Waals surface area contributed by atoms with Crippen LogP contribution in [0.1, 0.15) is 48.5 Å². The molecule has 0 bridgehead atoms. The van der Waals surface area contributed by atoms with Crippen LogP contribution in [0.5, 0.6) is 0 Å². The monoisotopic (exact) mass is 491 g/mol. The summed E-state index contributed by atoms with van der Waals surface area (Å²) in [5.41, 5.74) is 2.16. The van der Waals surface area contributed by atoms with Gasteiger partial charge in [0, 0.05) is 30.4 Å². The molecular weight excluding hydrogens is 462 g/mol. The van der Waals surface area contributed by atoms with Crippen molar-refractivity contribution in [3.8, 4) is 0 Å². The van der Waals surface area contributed by atoms with E-state index in [9.17, 15) is 21.6 Å². The van der Waals surface area contributed by atoms with E-state index in [0.29, 0.717) is 36.4 Å². The third-order valence-corrected chi connectivity index (χ3v) is 9.31. The summed E-state index contributed by atoms with van der Waals surface area (Å²) in [6, 6.07) is 11.0. The summed E-state index contributed by atoms with van der Waals surface area (Å²) in [5.74, 6) is -0.382. The lowest BCUT2D eigenvalue weighted by atomic mass is 10.1. The Bertz CT molecular complexity index is 1270. The maximum absolute atomic E-state index is 13.1. The van der Waals surface area contributed by atoms with Crippen molar-refractivity contribution in [2.75, 3.05) is 29.0 Å². The highest BCUT2D eigenvalue weighted by molar-refractivity contribution is 7.92. The van der Waals surface area contributed by atoms with Crippen molar-refractivity contribution in [1.82, 2.24) is 4.31 Å². The molecule has 0 spiro atoms. The zero-order valence-corrected chi connectivity index (χ0v) is 20.5. The van der Waals surface area contributed by atoms with E-state index in [1.54, 1.807) is 36.4 Å². The Morgan fingerprint density at radius 3 is 2.33 bits per heavy atom. The Balaban J connectivity index is 1.54. The number of carbonyl (C=O) groups excluding carboxylic acids is 1. The molecule has 1 atom stereocenters. The Morgan fingerprint density at radius 2 is 1.67 bits per heavy atom. The molecule has 2 heterocycles. The number of carbonyl (C=O) groups is 1. The van der Waals surface area contributed by atoms with Crippen LogP contribution in [0.3, 0.4) is 0 Å². The maximum atomic E-state index is 13.1. The molecule has 1 fully saturated rings. The largest absolute Gasteiger partial charge is 0.322 e. The average Bonchev–Trinajstić information content (AvgIpc) is 2.90. The molecule has 1 amide bonds. The number of sulfonamides is 2. The van der Waals surface area contributed by atoms with Crippen molar-refractivity contribution in [3.63, 3.8) is 0 Å². The van der Waals surface area contributed by atoms with Crippen molar-refractivity contribution in [2.24, 2.45) is 0 Å². The van der Waals surface area contributed by atoms with Crippen LogP contribution in [0.2, 0.25) is 0 Å². The molecule has 10 heteroatoms. The Hall–Kier alpha value is -2.43. The van der Waals surface area contributed by atoms with Gasteiger partial charge in [0.05, 0.1) is 16.8 Å². The molecular formula is C23H29N3O5S2. The summed E-state index contributed by atoms with van der Waals surface area (Å²) in [7, 11) is -7.03. The highest BCUT2D eigenvalue weighted by Crippen LogP contribution is 2.35. The second kappa shape index (κ2) is 9.08. The first-order valence-corrected chi connectivity index (χ1v) is 14.4. The van der Waals surface area contributed by atoms with E-state index in [1.165, 1.54) is 20.9 Å². The zero-order valence-electron chi connectivity index (χ0n) is 18.8. The molecule has 178 valence electrons. The lowest BCUT2D eigenvalue weighted by Gasteiger charge is -2.22. The van der Waals surface area contributed by atoms with Gasteiger partial charge in [-0.05, 0) is 68.1 Å². The summed E-state index contributed by atoms with van der Waals surface area (Å²) in [4.78, 5) is 13.0. The van der Waals surface area contributed by atoms with E-state index in [2.05, 4.69) is 5.32 Å². The average molecular weight is 492 g/mol. The molecule has 2 aromatic carbocycles. The summed E-state index contributed by atoms with van der Waals surface area (Å²) in [6.45, 7) is 2.85. The second-order valence-corrected chi connectivity index (χ2v) is 12.6. The van der Waals surface area contributed by atoms with E-state index >= 15 is 0 Å². The Labute approximate surface area is 195 Å². The predicted molar refractivity (Wildman–Crippen MR) is 129 cm³/mol. The zero-order chi connectivity index (χ0) is 23.8. The van der Waals surface area contributed by atoms with Crippen molar-refractivity contribution in [3.05, 3.63) is 53.6 Å². The lowest BCUT2D eigenvalue weighted by Crippen LogP contribution is -2.34. The SMILES string of the molecule is C[C@@H]1Cc2cc(C(=O)Nc3cccc(S(=O)(=O)N4CCCCCC4)c3)ccc2N1S(C)(=O)=O. The summed E-state index contributed by atoms with van der Waals surface area (Å²) in [6.07, 6.45) is 5.46. The number of anilines is 2. The second-order valence-electron chi connectivity index (χ2n) is 8.76. The van der Waals surface area contributed by atoms with Gasteiger partial charge in [-0.15, -0.1) is 0 Å². The molecule has 0 aliphatic carbocycles. The van der Waals surface area contributed by atoms with E-state index in [-0.39, 0.29) is 16.8 Å². The van der Waals surface area contributed by atoms with E-state index in [0.717, 1.165) is 31.2 Å². The summed E-state index contributed by atoms with van der Waals surface area (Å²) < 4.78 is 53.3. The van der Waals surface area contributed by atoms with Gasteiger partial charge in [0.1, 0.15) is 0 Å². The molecule has 2 aliphatic rings. The van der Waals surface area contributed by atoms with Crippen molar-refractivity contribution >= 4 is 37.3 Å². The number of fused-ring (bicyclic) bond motifs is 1. The lowest BCUT2D eigenvalue weighted by molar-refractivity contribution is 0.102. The minimum atomic E-state index is -3.62. The van der Waals surface area contributed by atoms with E-state index in [4.69, 9.17) is 0 Å². The topological polar surface area (TPSA) is 104 Å². The fraction of sp³-hybridized carbons (Fsp3) is 0.435. The van der Waals surface area contributed by atoms with Gasteiger partial charge in [0.25, 0.3) is 5.91 Å². The van der Waals surface area contributed by atoms with Crippen molar-refractivity contribution < 1.29 is 21.6 Å². The van der Waals surface area contributed by atoms with Crippen molar-refractivity contribution in [1.29, 1.82) is 0 Å².